The van der Waals surface area contributed by atoms with Crippen molar-refractivity contribution in [2.24, 2.45) is 5.92 Å². The quantitative estimate of drug-likeness (QED) is 0.475. The number of carbonyl (C=O) groups excluding carboxylic acids is 2. The summed E-state index contributed by atoms with van der Waals surface area (Å²) in [7, 11) is 0. The summed E-state index contributed by atoms with van der Waals surface area (Å²) in [6.45, 7) is 8.06. The molecule has 1 aromatic rings. The molecule has 1 aromatic carbocycles. The molecule has 0 unspecified atom stereocenters. The van der Waals surface area contributed by atoms with Crippen molar-refractivity contribution in [1.29, 1.82) is 0 Å². The molecule has 96 valence electrons. The van der Waals surface area contributed by atoms with E-state index in [9.17, 15) is 9.59 Å². The minimum Gasteiger partial charge on any atom is -0.346 e. The molecule has 1 amide bonds. The summed E-state index contributed by atoms with van der Waals surface area (Å²) in [4.78, 5) is 23.2. The van der Waals surface area contributed by atoms with E-state index in [1.54, 1.807) is 12.1 Å². The van der Waals surface area contributed by atoms with E-state index in [2.05, 4.69) is 25.7 Å². The predicted molar refractivity (Wildman–Crippen MR) is 72.5 cm³/mol. The van der Waals surface area contributed by atoms with Gasteiger partial charge in [-0.15, -0.1) is 6.58 Å². The van der Waals surface area contributed by atoms with Crippen molar-refractivity contribution in [2.75, 3.05) is 6.54 Å². The lowest BCUT2D eigenvalue weighted by molar-refractivity contribution is -0.116. The third kappa shape index (κ3) is 4.17. The van der Waals surface area contributed by atoms with Crippen LogP contribution in [-0.2, 0) is 11.2 Å². The number of hydrogen-bond acceptors (Lipinski definition) is 2. The smallest absolute Gasteiger partial charge is 0.292 e. The zero-order valence-electron chi connectivity index (χ0n) is 10.9. The van der Waals surface area contributed by atoms with E-state index in [0.717, 1.165) is 6.42 Å². The predicted octanol–water partition coefficient (Wildman–Crippen LogP) is 2.37. The molecule has 1 rings (SSSR count). The van der Waals surface area contributed by atoms with Gasteiger partial charge in [-0.3, -0.25) is 9.59 Å². The first kappa shape index (κ1) is 14.2. The zero-order valence-corrected chi connectivity index (χ0v) is 10.9. The molecule has 0 aliphatic heterocycles. The van der Waals surface area contributed by atoms with Crippen molar-refractivity contribution >= 4 is 11.7 Å². The van der Waals surface area contributed by atoms with Crippen LogP contribution in [-0.4, -0.2) is 18.2 Å². The Bertz CT molecular complexity index is 432. The topological polar surface area (TPSA) is 46.2 Å². The zero-order chi connectivity index (χ0) is 13.5. The van der Waals surface area contributed by atoms with Crippen LogP contribution >= 0.6 is 0 Å². The number of hydrogen-bond donors (Lipinski definition) is 1. The summed E-state index contributed by atoms with van der Waals surface area (Å²) in [5, 5.41) is 2.47. The molecule has 3 heteroatoms. The van der Waals surface area contributed by atoms with Crippen molar-refractivity contribution in [2.45, 2.75) is 20.3 Å². The van der Waals surface area contributed by atoms with Crippen LogP contribution in [0.25, 0.3) is 0 Å². The molecule has 1 N–H and O–H groups in total. The second-order valence-electron chi connectivity index (χ2n) is 4.62. The van der Waals surface area contributed by atoms with Crippen LogP contribution in [0.1, 0.15) is 29.8 Å². The van der Waals surface area contributed by atoms with E-state index in [4.69, 9.17) is 0 Å². The summed E-state index contributed by atoms with van der Waals surface area (Å²) in [5.74, 6) is -0.526. The second kappa shape index (κ2) is 6.74. The highest BCUT2D eigenvalue weighted by Gasteiger charge is 2.14. The normalized spacial score (nSPS) is 10.2. The fraction of sp³-hybridized carbons (Fsp3) is 0.333. The summed E-state index contributed by atoms with van der Waals surface area (Å²) in [6.07, 6.45) is 2.51. The molecular formula is C15H19NO2. The number of nitrogens with one attached hydrogen (secondary N) is 1. The van der Waals surface area contributed by atoms with Crippen LogP contribution in [0.2, 0.25) is 0 Å². The molecule has 0 aliphatic carbocycles. The number of Topliss-reactive ketones (excluding diaryl/α,β-unsaturated/α-hetero) is 1. The van der Waals surface area contributed by atoms with Crippen LogP contribution in [0, 0.1) is 5.92 Å². The largest absolute Gasteiger partial charge is 0.346 e. The van der Waals surface area contributed by atoms with Crippen LogP contribution in [0.5, 0.6) is 0 Å². The van der Waals surface area contributed by atoms with E-state index in [1.165, 1.54) is 11.6 Å². The first-order valence-electron chi connectivity index (χ1n) is 6.07. The van der Waals surface area contributed by atoms with Gasteiger partial charge in [0.1, 0.15) is 0 Å². The third-order valence-corrected chi connectivity index (χ3v) is 2.47. The summed E-state index contributed by atoms with van der Waals surface area (Å²) in [6, 6.07) is 7.20. The highest BCUT2D eigenvalue weighted by Crippen LogP contribution is 2.10. The molecule has 0 saturated heterocycles. The van der Waals surface area contributed by atoms with E-state index in [-0.39, 0.29) is 0 Å². The fourth-order valence-electron chi connectivity index (χ4n) is 1.64. The van der Waals surface area contributed by atoms with Gasteiger partial charge in [0.05, 0.1) is 0 Å². The van der Waals surface area contributed by atoms with Gasteiger partial charge >= 0.3 is 0 Å². The molecule has 0 fully saturated rings. The summed E-state index contributed by atoms with van der Waals surface area (Å²) < 4.78 is 0. The minimum atomic E-state index is -0.591. The lowest BCUT2D eigenvalue weighted by Crippen LogP contribution is -2.31. The fourth-order valence-corrected chi connectivity index (χ4v) is 1.64. The van der Waals surface area contributed by atoms with Crippen molar-refractivity contribution in [3.63, 3.8) is 0 Å². The van der Waals surface area contributed by atoms with Gasteiger partial charge in [0.25, 0.3) is 5.91 Å². The maximum Gasteiger partial charge on any atom is 0.292 e. The van der Waals surface area contributed by atoms with Crippen molar-refractivity contribution in [3.8, 4) is 0 Å². The van der Waals surface area contributed by atoms with Crippen LogP contribution in [0.4, 0.5) is 0 Å². The Labute approximate surface area is 108 Å². The van der Waals surface area contributed by atoms with E-state index in [0.29, 0.717) is 18.0 Å². The molecule has 0 spiro atoms. The molecule has 3 nitrogen and oxygen atoms in total. The Hall–Kier alpha value is -1.90. The molecule has 18 heavy (non-hydrogen) atoms. The Morgan fingerprint density at radius 1 is 1.28 bits per heavy atom. The molecule has 0 aliphatic rings. The number of benzene rings is 1. The van der Waals surface area contributed by atoms with Crippen molar-refractivity contribution in [3.05, 3.63) is 48.0 Å². The van der Waals surface area contributed by atoms with E-state index < -0.39 is 11.7 Å². The van der Waals surface area contributed by atoms with Gasteiger partial charge in [-0.05, 0) is 17.9 Å². The first-order valence-corrected chi connectivity index (χ1v) is 6.07. The van der Waals surface area contributed by atoms with Gasteiger partial charge in [0, 0.05) is 12.1 Å². The lowest BCUT2D eigenvalue weighted by Gasteiger charge is -2.06. The van der Waals surface area contributed by atoms with Crippen LogP contribution in [0.15, 0.2) is 36.9 Å². The molecule has 0 bridgehead atoms. The molecule has 0 atom stereocenters. The summed E-state index contributed by atoms with van der Waals surface area (Å²) in [5.41, 5.74) is 1.59. The molecule has 0 saturated carbocycles. The monoisotopic (exact) mass is 245 g/mol. The Morgan fingerprint density at radius 2 is 1.89 bits per heavy atom. The van der Waals surface area contributed by atoms with Gasteiger partial charge in [0.2, 0.25) is 5.78 Å². The van der Waals surface area contributed by atoms with Gasteiger partial charge in [0.15, 0.2) is 0 Å². The highest BCUT2D eigenvalue weighted by molar-refractivity contribution is 6.42. The third-order valence-electron chi connectivity index (χ3n) is 2.47. The van der Waals surface area contributed by atoms with Crippen LogP contribution in [0.3, 0.4) is 0 Å². The van der Waals surface area contributed by atoms with Gasteiger partial charge in [-0.2, -0.15) is 0 Å². The minimum absolute atomic E-state index is 0.302. The Balaban J connectivity index is 2.69. The average Bonchev–Trinajstić information content (AvgIpc) is 2.35. The number of carbonyl (C=O) groups is 2. The SMILES string of the molecule is C=CCNC(=O)C(=O)c1ccc(CC(C)C)cc1. The molecule has 0 aromatic heterocycles. The van der Waals surface area contributed by atoms with Crippen molar-refractivity contribution in [1.82, 2.24) is 5.32 Å². The van der Waals surface area contributed by atoms with E-state index >= 15 is 0 Å². The molecular weight excluding hydrogens is 226 g/mol. The number of rotatable bonds is 6. The average molecular weight is 245 g/mol. The standard InChI is InChI=1S/C15H19NO2/c1-4-9-16-15(18)14(17)13-7-5-12(6-8-13)10-11(2)3/h4-8,11H,1,9-10H2,2-3H3,(H,16,18). The lowest BCUT2D eigenvalue weighted by atomic mass is 10.0. The second-order valence-corrected chi connectivity index (χ2v) is 4.62. The van der Waals surface area contributed by atoms with Gasteiger partial charge < -0.3 is 5.32 Å². The molecule has 0 heterocycles. The summed E-state index contributed by atoms with van der Waals surface area (Å²) >= 11 is 0. The Morgan fingerprint density at radius 3 is 2.39 bits per heavy atom. The van der Waals surface area contributed by atoms with Crippen LogP contribution < -0.4 is 5.32 Å². The molecule has 0 radical (unpaired) electrons. The highest BCUT2D eigenvalue weighted by atomic mass is 16.2. The van der Waals surface area contributed by atoms with E-state index in [1.807, 2.05) is 12.1 Å². The van der Waals surface area contributed by atoms with Gasteiger partial charge in [-0.1, -0.05) is 44.2 Å². The Kier molecular flexibility index (Phi) is 5.31. The number of ketones is 1. The maximum absolute atomic E-state index is 11.7. The van der Waals surface area contributed by atoms with Crippen molar-refractivity contribution < 1.29 is 9.59 Å². The maximum atomic E-state index is 11.7. The number of amides is 1. The first-order chi connectivity index (χ1) is 8.54. The van der Waals surface area contributed by atoms with Gasteiger partial charge in [-0.25, -0.2) is 0 Å².